The molecule has 1 aromatic rings. The monoisotopic (exact) mass is 237 g/mol. The van der Waals surface area contributed by atoms with Crippen molar-refractivity contribution in [2.75, 3.05) is 24.5 Å². The zero-order valence-corrected chi connectivity index (χ0v) is 9.53. The van der Waals surface area contributed by atoms with Gasteiger partial charge in [-0.2, -0.15) is 0 Å². The first-order valence-electron chi connectivity index (χ1n) is 5.73. The first-order valence-corrected chi connectivity index (χ1v) is 5.73. The summed E-state index contributed by atoms with van der Waals surface area (Å²) in [5.74, 6) is -0.450. The van der Waals surface area contributed by atoms with Crippen LogP contribution in [0.4, 0.5) is 10.1 Å². The number of nitrogens with one attached hydrogen (secondary N) is 1. The highest BCUT2D eigenvalue weighted by Gasteiger charge is 2.28. The Morgan fingerprint density at radius 1 is 1.47 bits per heavy atom. The molecule has 0 spiro atoms. The lowest BCUT2D eigenvalue weighted by molar-refractivity contribution is -0.121. The van der Waals surface area contributed by atoms with Gasteiger partial charge in [0, 0.05) is 19.6 Å². The minimum atomic E-state index is -0.491. The number of anilines is 1. The Labute approximate surface area is 99.6 Å². The number of hydrogen-bond acceptors (Lipinski definition) is 3. The second-order valence-corrected chi connectivity index (χ2v) is 4.04. The van der Waals surface area contributed by atoms with Crippen LogP contribution in [0.25, 0.3) is 0 Å². The summed E-state index contributed by atoms with van der Waals surface area (Å²) in [5.41, 5.74) is 6.06. The van der Waals surface area contributed by atoms with Crippen LogP contribution in [0, 0.1) is 5.82 Å². The van der Waals surface area contributed by atoms with Gasteiger partial charge < -0.3 is 16.0 Å². The van der Waals surface area contributed by atoms with E-state index in [1.807, 2.05) is 0 Å². The second kappa shape index (κ2) is 5.14. The van der Waals surface area contributed by atoms with Gasteiger partial charge >= 0.3 is 0 Å². The molecule has 0 radical (unpaired) electrons. The number of hydrogen-bond donors (Lipinski definition) is 2. The van der Waals surface area contributed by atoms with E-state index >= 15 is 0 Å². The zero-order valence-electron chi connectivity index (χ0n) is 9.53. The summed E-state index contributed by atoms with van der Waals surface area (Å²) in [7, 11) is 0. The lowest BCUT2D eigenvalue weighted by Gasteiger charge is -2.29. The molecule has 92 valence electrons. The quantitative estimate of drug-likeness (QED) is 0.786. The highest BCUT2D eigenvalue weighted by Crippen LogP contribution is 2.22. The van der Waals surface area contributed by atoms with Gasteiger partial charge in [0.15, 0.2) is 0 Å². The fraction of sp³-hybridized carbons (Fsp3) is 0.417. The Balaban J connectivity index is 2.34. The molecule has 1 fully saturated rings. The highest BCUT2D eigenvalue weighted by atomic mass is 19.1. The van der Waals surface area contributed by atoms with Gasteiger partial charge in [0.05, 0.1) is 5.69 Å². The standard InChI is InChI=1S/C12H16FN3O/c13-9-4-1-2-5-10(9)16-7-3-6-15-12(17)11(16)8-14/h1-2,4-5,11H,3,6-8,14H2,(H,15,17). The molecule has 17 heavy (non-hydrogen) atoms. The van der Waals surface area contributed by atoms with E-state index in [1.165, 1.54) is 6.07 Å². The molecule has 1 amide bonds. The first kappa shape index (κ1) is 11.9. The van der Waals surface area contributed by atoms with Crippen molar-refractivity contribution in [2.24, 2.45) is 5.73 Å². The number of nitrogens with two attached hydrogens (primary N) is 1. The van der Waals surface area contributed by atoms with Gasteiger partial charge in [-0.05, 0) is 18.6 Å². The van der Waals surface area contributed by atoms with Gasteiger partial charge in [-0.25, -0.2) is 4.39 Å². The molecule has 1 aliphatic heterocycles. The molecule has 1 saturated heterocycles. The maximum atomic E-state index is 13.7. The number of para-hydroxylation sites is 1. The zero-order chi connectivity index (χ0) is 12.3. The number of benzene rings is 1. The average Bonchev–Trinajstić information content (AvgIpc) is 2.51. The number of rotatable bonds is 2. The third kappa shape index (κ3) is 2.39. The van der Waals surface area contributed by atoms with Crippen LogP contribution in [-0.2, 0) is 4.79 Å². The normalized spacial score (nSPS) is 20.9. The number of halogens is 1. The fourth-order valence-corrected chi connectivity index (χ4v) is 2.08. The number of nitrogens with zero attached hydrogens (tertiary/aromatic N) is 1. The van der Waals surface area contributed by atoms with E-state index in [1.54, 1.807) is 23.1 Å². The van der Waals surface area contributed by atoms with Gasteiger partial charge in [-0.1, -0.05) is 12.1 Å². The van der Waals surface area contributed by atoms with Crippen molar-refractivity contribution < 1.29 is 9.18 Å². The summed E-state index contributed by atoms with van der Waals surface area (Å²) in [6, 6.07) is 5.97. The predicted molar refractivity (Wildman–Crippen MR) is 64.2 cm³/mol. The molecule has 1 atom stereocenters. The topological polar surface area (TPSA) is 58.4 Å². The van der Waals surface area contributed by atoms with Crippen LogP contribution in [0.1, 0.15) is 6.42 Å². The largest absolute Gasteiger partial charge is 0.356 e. The van der Waals surface area contributed by atoms with Crippen molar-refractivity contribution in [2.45, 2.75) is 12.5 Å². The van der Waals surface area contributed by atoms with Crippen molar-refractivity contribution >= 4 is 11.6 Å². The first-order chi connectivity index (χ1) is 8.24. The van der Waals surface area contributed by atoms with E-state index in [4.69, 9.17) is 5.73 Å². The summed E-state index contributed by atoms with van der Waals surface area (Å²) in [4.78, 5) is 13.5. The van der Waals surface area contributed by atoms with Crippen LogP contribution in [0.2, 0.25) is 0 Å². The Hall–Kier alpha value is -1.62. The molecule has 0 aliphatic carbocycles. The number of amides is 1. The summed E-state index contributed by atoms with van der Waals surface area (Å²) >= 11 is 0. The van der Waals surface area contributed by atoms with E-state index in [2.05, 4.69) is 5.32 Å². The maximum Gasteiger partial charge on any atom is 0.244 e. The van der Waals surface area contributed by atoms with Crippen molar-refractivity contribution in [3.05, 3.63) is 30.1 Å². The fourth-order valence-electron chi connectivity index (χ4n) is 2.08. The molecule has 1 unspecified atom stereocenters. The van der Waals surface area contributed by atoms with E-state index in [-0.39, 0.29) is 18.3 Å². The van der Waals surface area contributed by atoms with E-state index in [9.17, 15) is 9.18 Å². The Morgan fingerprint density at radius 2 is 2.24 bits per heavy atom. The lowest BCUT2D eigenvalue weighted by atomic mass is 10.2. The smallest absolute Gasteiger partial charge is 0.244 e. The summed E-state index contributed by atoms with van der Waals surface area (Å²) in [6.07, 6.45) is 0.788. The minimum absolute atomic E-state index is 0.131. The Kier molecular flexibility index (Phi) is 3.58. The minimum Gasteiger partial charge on any atom is -0.356 e. The molecule has 5 heteroatoms. The third-order valence-corrected chi connectivity index (χ3v) is 2.94. The van der Waals surface area contributed by atoms with Crippen LogP contribution in [-0.4, -0.2) is 31.6 Å². The molecular formula is C12H16FN3O. The molecule has 1 heterocycles. The molecule has 1 aromatic carbocycles. The highest BCUT2D eigenvalue weighted by molar-refractivity contribution is 5.86. The van der Waals surface area contributed by atoms with Gasteiger partial charge in [-0.15, -0.1) is 0 Å². The summed E-state index contributed by atoms with van der Waals surface area (Å²) < 4.78 is 13.7. The van der Waals surface area contributed by atoms with Crippen LogP contribution in [0.15, 0.2) is 24.3 Å². The number of carbonyl (C=O) groups excluding carboxylic acids is 1. The molecule has 0 saturated carbocycles. The Morgan fingerprint density at radius 3 is 2.94 bits per heavy atom. The van der Waals surface area contributed by atoms with Gasteiger partial charge in [0.1, 0.15) is 11.9 Å². The van der Waals surface area contributed by atoms with Crippen molar-refractivity contribution in [1.29, 1.82) is 0 Å². The van der Waals surface area contributed by atoms with Crippen molar-refractivity contribution in [3.8, 4) is 0 Å². The SMILES string of the molecule is NCC1C(=O)NCCCN1c1ccccc1F. The molecule has 3 N–H and O–H groups in total. The molecule has 2 rings (SSSR count). The van der Waals surface area contributed by atoms with E-state index in [0.717, 1.165) is 6.42 Å². The van der Waals surface area contributed by atoms with Crippen LogP contribution in [0.3, 0.4) is 0 Å². The van der Waals surface area contributed by atoms with Gasteiger partial charge in [0.2, 0.25) is 5.91 Å². The second-order valence-electron chi connectivity index (χ2n) is 4.04. The Bertz CT molecular complexity index is 410. The molecule has 1 aliphatic rings. The molecular weight excluding hydrogens is 221 g/mol. The van der Waals surface area contributed by atoms with Gasteiger partial charge in [-0.3, -0.25) is 4.79 Å². The summed E-state index contributed by atoms with van der Waals surface area (Å²) in [6.45, 7) is 1.42. The van der Waals surface area contributed by atoms with Crippen LogP contribution in [0.5, 0.6) is 0 Å². The van der Waals surface area contributed by atoms with E-state index in [0.29, 0.717) is 18.8 Å². The average molecular weight is 237 g/mol. The maximum absolute atomic E-state index is 13.7. The predicted octanol–water partition coefficient (Wildman–Crippen LogP) is 0.479. The van der Waals surface area contributed by atoms with Crippen LogP contribution >= 0.6 is 0 Å². The van der Waals surface area contributed by atoms with Crippen molar-refractivity contribution in [3.63, 3.8) is 0 Å². The van der Waals surface area contributed by atoms with Crippen LogP contribution < -0.4 is 16.0 Å². The molecule has 0 aromatic heterocycles. The summed E-state index contributed by atoms with van der Waals surface area (Å²) in [5, 5.41) is 2.78. The van der Waals surface area contributed by atoms with Crippen molar-refractivity contribution in [1.82, 2.24) is 5.32 Å². The van der Waals surface area contributed by atoms with E-state index < -0.39 is 6.04 Å². The molecule has 0 bridgehead atoms. The molecule has 4 nitrogen and oxygen atoms in total. The number of carbonyl (C=O) groups is 1. The lowest BCUT2D eigenvalue weighted by Crippen LogP contribution is -2.49. The van der Waals surface area contributed by atoms with Gasteiger partial charge in [0.25, 0.3) is 0 Å². The third-order valence-electron chi connectivity index (χ3n) is 2.94.